The summed E-state index contributed by atoms with van der Waals surface area (Å²) >= 11 is 0. The van der Waals surface area contributed by atoms with Crippen LogP contribution in [-0.4, -0.2) is 43.8 Å². The minimum absolute atomic E-state index is 0.515. The maximum absolute atomic E-state index is 6.02. The van der Waals surface area contributed by atoms with E-state index in [1.165, 1.54) is 38.6 Å². The zero-order valence-electron chi connectivity index (χ0n) is 11.4. The van der Waals surface area contributed by atoms with Crippen LogP contribution in [0.25, 0.3) is 0 Å². The van der Waals surface area contributed by atoms with Crippen LogP contribution in [0.2, 0.25) is 0 Å². The Hall–Kier alpha value is -0.120. The zero-order valence-corrected chi connectivity index (χ0v) is 11.4. The molecule has 1 saturated carbocycles. The third kappa shape index (κ3) is 2.83. The van der Waals surface area contributed by atoms with Crippen LogP contribution in [-0.2, 0) is 4.74 Å². The fraction of sp³-hybridized carbons (Fsp3) is 1.00. The summed E-state index contributed by atoms with van der Waals surface area (Å²) in [6, 6.07) is 1.33. The summed E-state index contributed by atoms with van der Waals surface area (Å²) in [7, 11) is 1.79. The molecule has 0 bridgehead atoms. The third-order valence-corrected chi connectivity index (χ3v) is 4.79. The number of likely N-dealkylation sites (tertiary alicyclic amines) is 1. The average molecular weight is 240 g/mol. The van der Waals surface area contributed by atoms with Gasteiger partial charge in [-0.05, 0) is 44.1 Å². The lowest BCUT2D eigenvalue weighted by Gasteiger charge is -2.44. The van der Waals surface area contributed by atoms with Crippen LogP contribution in [0.4, 0.5) is 0 Å². The fourth-order valence-corrected chi connectivity index (χ4v) is 3.97. The third-order valence-electron chi connectivity index (χ3n) is 4.79. The highest BCUT2D eigenvalue weighted by Gasteiger charge is 2.38. The van der Waals surface area contributed by atoms with Crippen molar-refractivity contribution in [3.8, 4) is 0 Å². The van der Waals surface area contributed by atoms with Crippen molar-refractivity contribution < 1.29 is 4.74 Å². The van der Waals surface area contributed by atoms with Crippen molar-refractivity contribution >= 4 is 0 Å². The largest absolute Gasteiger partial charge is 0.384 e. The molecule has 4 atom stereocenters. The van der Waals surface area contributed by atoms with E-state index in [0.717, 1.165) is 25.1 Å². The van der Waals surface area contributed by atoms with Gasteiger partial charge in [-0.1, -0.05) is 13.3 Å². The van der Waals surface area contributed by atoms with Crippen molar-refractivity contribution in [1.29, 1.82) is 0 Å². The Morgan fingerprint density at radius 3 is 2.76 bits per heavy atom. The second-order valence-corrected chi connectivity index (χ2v) is 5.87. The number of nitrogens with zero attached hydrogens (tertiary/aromatic N) is 1. The molecule has 0 radical (unpaired) electrons. The molecule has 0 aromatic carbocycles. The van der Waals surface area contributed by atoms with Gasteiger partial charge in [0.2, 0.25) is 0 Å². The second-order valence-electron chi connectivity index (χ2n) is 5.87. The molecule has 0 aromatic rings. The van der Waals surface area contributed by atoms with E-state index >= 15 is 0 Å². The molecule has 17 heavy (non-hydrogen) atoms. The van der Waals surface area contributed by atoms with Crippen LogP contribution < -0.4 is 5.73 Å². The summed E-state index contributed by atoms with van der Waals surface area (Å²) < 4.78 is 5.31. The Morgan fingerprint density at radius 2 is 2.06 bits per heavy atom. The maximum atomic E-state index is 6.02. The number of methoxy groups -OCH3 is 1. The Kier molecular flexibility index (Phi) is 4.83. The quantitative estimate of drug-likeness (QED) is 0.797. The molecule has 0 spiro atoms. The number of piperidine rings is 1. The predicted molar refractivity (Wildman–Crippen MR) is 71.0 cm³/mol. The van der Waals surface area contributed by atoms with Crippen LogP contribution in [0.5, 0.6) is 0 Å². The van der Waals surface area contributed by atoms with E-state index in [9.17, 15) is 0 Å². The molecule has 1 saturated heterocycles. The van der Waals surface area contributed by atoms with Gasteiger partial charge >= 0.3 is 0 Å². The molecule has 3 heteroatoms. The Morgan fingerprint density at radius 1 is 1.29 bits per heavy atom. The van der Waals surface area contributed by atoms with Crippen molar-refractivity contribution in [1.82, 2.24) is 4.90 Å². The van der Waals surface area contributed by atoms with Gasteiger partial charge in [0.15, 0.2) is 0 Å². The SMILES string of the molecule is COCC(C)C(CN)N1CCCC2CCCC21. The van der Waals surface area contributed by atoms with Gasteiger partial charge in [-0.3, -0.25) is 4.90 Å². The van der Waals surface area contributed by atoms with Gasteiger partial charge in [-0.2, -0.15) is 0 Å². The number of hydrogen-bond acceptors (Lipinski definition) is 3. The monoisotopic (exact) mass is 240 g/mol. The topological polar surface area (TPSA) is 38.5 Å². The normalized spacial score (nSPS) is 33.4. The van der Waals surface area contributed by atoms with Gasteiger partial charge in [-0.25, -0.2) is 0 Å². The standard InChI is InChI=1S/C14H28N2O/c1-11(10-17-2)14(9-15)16-8-4-6-12-5-3-7-13(12)16/h11-14H,3-10,15H2,1-2H3. The first kappa shape index (κ1) is 13.3. The highest BCUT2D eigenvalue weighted by molar-refractivity contribution is 4.93. The molecule has 4 unspecified atom stereocenters. The first-order valence-electron chi connectivity index (χ1n) is 7.22. The summed E-state index contributed by atoms with van der Waals surface area (Å²) in [6.45, 7) is 5.13. The Balaban J connectivity index is 2.01. The van der Waals surface area contributed by atoms with E-state index < -0.39 is 0 Å². The van der Waals surface area contributed by atoms with Crippen molar-refractivity contribution in [2.45, 2.75) is 51.1 Å². The van der Waals surface area contributed by atoms with Gasteiger partial charge in [0.05, 0.1) is 6.61 Å². The molecule has 1 aliphatic carbocycles. The van der Waals surface area contributed by atoms with Gasteiger partial charge in [0.1, 0.15) is 0 Å². The van der Waals surface area contributed by atoms with E-state index in [2.05, 4.69) is 11.8 Å². The minimum atomic E-state index is 0.515. The fourth-order valence-electron chi connectivity index (χ4n) is 3.97. The van der Waals surface area contributed by atoms with Gasteiger partial charge in [0.25, 0.3) is 0 Å². The Bertz CT molecular complexity index is 234. The van der Waals surface area contributed by atoms with Crippen LogP contribution in [0.15, 0.2) is 0 Å². The second kappa shape index (κ2) is 6.17. The van der Waals surface area contributed by atoms with E-state index in [-0.39, 0.29) is 0 Å². The number of ether oxygens (including phenoxy) is 1. The van der Waals surface area contributed by atoms with Crippen molar-refractivity contribution in [3.05, 3.63) is 0 Å². The molecular weight excluding hydrogens is 212 g/mol. The van der Waals surface area contributed by atoms with E-state index in [1.54, 1.807) is 7.11 Å². The molecular formula is C14H28N2O. The maximum Gasteiger partial charge on any atom is 0.0503 e. The van der Waals surface area contributed by atoms with Gasteiger partial charge in [0, 0.05) is 25.7 Å². The van der Waals surface area contributed by atoms with Crippen LogP contribution >= 0.6 is 0 Å². The number of nitrogens with two attached hydrogens (primary N) is 1. The van der Waals surface area contributed by atoms with E-state index in [0.29, 0.717) is 12.0 Å². The molecule has 100 valence electrons. The molecule has 0 aromatic heterocycles. The number of rotatable bonds is 5. The van der Waals surface area contributed by atoms with E-state index in [4.69, 9.17) is 10.5 Å². The molecule has 0 amide bonds. The van der Waals surface area contributed by atoms with Crippen molar-refractivity contribution in [3.63, 3.8) is 0 Å². The van der Waals surface area contributed by atoms with Crippen LogP contribution in [0, 0.1) is 11.8 Å². The van der Waals surface area contributed by atoms with Gasteiger partial charge in [-0.15, -0.1) is 0 Å². The highest BCUT2D eigenvalue weighted by atomic mass is 16.5. The highest BCUT2D eigenvalue weighted by Crippen LogP contribution is 2.38. The molecule has 3 nitrogen and oxygen atoms in total. The van der Waals surface area contributed by atoms with Gasteiger partial charge < -0.3 is 10.5 Å². The van der Waals surface area contributed by atoms with Crippen LogP contribution in [0.3, 0.4) is 0 Å². The van der Waals surface area contributed by atoms with E-state index in [1.807, 2.05) is 0 Å². The lowest BCUT2D eigenvalue weighted by molar-refractivity contribution is 0.0236. The van der Waals surface area contributed by atoms with Crippen LogP contribution in [0.1, 0.15) is 39.0 Å². The Labute approximate surface area is 106 Å². The average Bonchev–Trinajstić information content (AvgIpc) is 2.79. The molecule has 1 heterocycles. The van der Waals surface area contributed by atoms with Crippen molar-refractivity contribution in [2.75, 3.05) is 26.8 Å². The lowest BCUT2D eigenvalue weighted by atomic mass is 9.88. The first-order chi connectivity index (χ1) is 8.27. The number of hydrogen-bond donors (Lipinski definition) is 1. The predicted octanol–water partition coefficient (Wildman–Crippen LogP) is 1.86. The minimum Gasteiger partial charge on any atom is -0.384 e. The summed E-state index contributed by atoms with van der Waals surface area (Å²) in [5.74, 6) is 1.50. The molecule has 2 fully saturated rings. The molecule has 2 rings (SSSR count). The van der Waals surface area contributed by atoms with Crippen molar-refractivity contribution in [2.24, 2.45) is 17.6 Å². The summed E-state index contributed by atoms with van der Waals surface area (Å²) in [5, 5.41) is 0. The molecule has 1 aliphatic heterocycles. The molecule has 2 aliphatic rings. The summed E-state index contributed by atoms with van der Waals surface area (Å²) in [6.07, 6.45) is 7.05. The number of fused-ring (bicyclic) bond motifs is 1. The molecule has 2 N–H and O–H groups in total. The summed E-state index contributed by atoms with van der Waals surface area (Å²) in [4.78, 5) is 2.71. The smallest absolute Gasteiger partial charge is 0.0503 e. The first-order valence-corrected chi connectivity index (χ1v) is 7.22. The summed E-state index contributed by atoms with van der Waals surface area (Å²) in [5.41, 5.74) is 6.02. The lowest BCUT2D eigenvalue weighted by Crippen LogP contribution is -2.54. The zero-order chi connectivity index (χ0) is 12.3.